The fourth-order valence-electron chi connectivity index (χ4n) is 4.32. The molecule has 1 aromatic carbocycles. The number of dihydropyridines is 1. The number of rotatable bonds is 6. The molecule has 1 aromatic rings. The topological polar surface area (TPSA) is 55.4 Å². The zero-order valence-corrected chi connectivity index (χ0v) is 18.5. The van der Waals surface area contributed by atoms with Gasteiger partial charge in [0, 0.05) is 34.3 Å². The quantitative estimate of drug-likeness (QED) is 0.479. The highest BCUT2D eigenvalue weighted by Crippen LogP contribution is 2.47. The van der Waals surface area contributed by atoms with Crippen molar-refractivity contribution in [2.45, 2.75) is 65.7 Å². The van der Waals surface area contributed by atoms with E-state index in [2.05, 4.69) is 26.1 Å². The Hall–Kier alpha value is -2.07. The number of ether oxygens (including phenoxy) is 1. The van der Waals surface area contributed by atoms with Gasteiger partial charge in [0.15, 0.2) is 5.78 Å². The lowest BCUT2D eigenvalue weighted by atomic mass is 9.68. The number of allylic oxidation sites excluding steroid dienone is 3. The maximum atomic E-state index is 13.2. The van der Waals surface area contributed by atoms with Crippen LogP contribution in [0.3, 0.4) is 0 Å². The number of ketones is 1. The molecule has 0 spiro atoms. The lowest BCUT2D eigenvalue weighted by Crippen LogP contribution is -2.38. The normalized spacial score (nSPS) is 21.0. The standard InChI is InChI=1S/C24H30ClNO3/c1-5-6-7-11-29-23(28)20-15(2)26-18-13-24(3,4)14-19(27)22(18)21(20)16-9-8-10-17(25)12-16/h8-10,12,21,26H,5-7,11,13-14H2,1-4H3/t21-/m0/s1. The van der Waals surface area contributed by atoms with Gasteiger partial charge in [0.05, 0.1) is 12.2 Å². The zero-order valence-electron chi connectivity index (χ0n) is 17.7. The van der Waals surface area contributed by atoms with Crippen LogP contribution in [0.4, 0.5) is 0 Å². The highest BCUT2D eigenvalue weighted by atomic mass is 35.5. The number of hydrogen-bond acceptors (Lipinski definition) is 4. The number of halogens is 1. The number of Topliss-reactive ketones (excluding diaryl/α,β-unsaturated/α-hetero) is 1. The van der Waals surface area contributed by atoms with Gasteiger partial charge in [-0.2, -0.15) is 0 Å². The molecule has 0 amide bonds. The fourth-order valence-corrected chi connectivity index (χ4v) is 4.52. The van der Waals surface area contributed by atoms with Crippen molar-refractivity contribution >= 4 is 23.4 Å². The SMILES string of the molecule is CCCCCOC(=O)C1=C(C)NC2=C(C(=O)CC(C)(C)C2)[C@H]1c1cccc(Cl)c1. The van der Waals surface area contributed by atoms with E-state index >= 15 is 0 Å². The molecule has 29 heavy (non-hydrogen) atoms. The maximum absolute atomic E-state index is 13.2. The lowest BCUT2D eigenvalue weighted by molar-refractivity contribution is -0.139. The molecule has 1 atom stereocenters. The Balaban J connectivity index is 2.03. The molecule has 0 radical (unpaired) electrons. The molecule has 156 valence electrons. The summed E-state index contributed by atoms with van der Waals surface area (Å²) in [5.41, 5.74) is 3.59. The molecule has 0 aromatic heterocycles. The van der Waals surface area contributed by atoms with E-state index in [9.17, 15) is 9.59 Å². The third kappa shape index (κ3) is 4.75. The van der Waals surface area contributed by atoms with E-state index in [1.807, 2.05) is 25.1 Å². The minimum atomic E-state index is -0.452. The molecule has 1 heterocycles. The van der Waals surface area contributed by atoms with Crippen LogP contribution in [0.5, 0.6) is 0 Å². The van der Waals surface area contributed by atoms with E-state index in [1.165, 1.54) is 0 Å². The van der Waals surface area contributed by atoms with Crippen molar-refractivity contribution in [1.29, 1.82) is 0 Å². The summed E-state index contributed by atoms with van der Waals surface area (Å²) in [6.45, 7) is 8.58. The van der Waals surface area contributed by atoms with E-state index in [4.69, 9.17) is 16.3 Å². The molecular formula is C24H30ClNO3. The highest BCUT2D eigenvalue weighted by Gasteiger charge is 2.43. The van der Waals surface area contributed by atoms with Crippen LogP contribution in [0.15, 0.2) is 46.8 Å². The second kappa shape index (κ2) is 8.74. The van der Waals surface area contributed by atoms with Crippen molar-refractivity contribution < 1.29 is 14.3 Å². The third-order valence-corrected chi connectivity index (χ3v) is 5.86. The minimum absolute atomic E-state index is 0.0810. The molecule has 3 rings (SSSR count). The Morgan fingerprint density at radius 3 is 2.72 bits per heavy atom. The summed E-state index contributed by atoms with van der Waals surface area (Å²) < 4.78 is 5.59. The first-order valence-corrected chi connectivity index (χ1v) is 10.8. The summed E-state index contributed by atoms with van der Waals surface area (Å²) in [6.07, 6.45) is 4.14. The molecule has 1 aliphatic carbocycles. The molecule has 0 saturated heterocycles. The van der Waals surface area contributed by atoms with Gasteiger partial charge in [-0.25, -0.2) is 4.79 Å². The van der Waals surface area contributed by atoms with Crippen molar-refractivity contribution in [2.75, 3.05) is 6.61 Å². The Morgan fingerprint density at radius 2 is 2.03 bits per heavy atom. The Labute approximate surface area is 178 Å². The number of hydrogen-bond donors (Lipinski definition) is 1. The van der Waals surface area contributed by atoms with Gasteiger partial charge in [0.2, 0.25) is 0 Å². The average molecular weight is 416 g/mol. The summed E-state index contributed by atoms with van der Waals surface area (Å²) in [4.78, 5) is 26.2. The Kier molecular flexibility index (Phi) is 6.52. The molecule has 1 aliphatic heterocycles. The predicted octanol–water partition coefficient (Wildman–Crippen LogP) is 5.68. The van der Waals surface area contributed by atoms with Crippen LogP contribution in [-0.2, 0) is 14.3 Å². The van der Waals surface area contributed by atoms with Crippen molar-refractivity contribution in [2.24, 2.45) is 5.41 Å². The molecule has 5 heteroatoms. The van der Waals surface area contributed by atoms with Crippen LogP contribution in [0.25, 0.3) is 0 Å². The smallest absolute Gasteiger partial charge is 0.336 e. The van der Waals surface area contributed by atoms with Gasteiger partial charge in [0.1, 0.15) is 0 Å². The number of nitrogens with one attached hydrogen (secondary N) is 1. The highest BCUT2D eigenvalue weighted by molar-refractivity contribution is 6.30. The van der Waals surface area contributed by atoms with Crippen molar-refractivity contribution in [3.63, 3.8) is 0 Å². The molecule has 0 bridgehead atoms. The van der Waals surface area contributed by atoms with Gasteiger partial charge in [-0.05, 0) is 42.9 Å². The third-order valence-electron chi connectivity index (χ3n) is 5.62. The number of unbranched alkanes of at least 4 members (excludes halogenated alkanes) is 2. The van der Waals surface area contributed by atoms with E-state index in [1.54, 1.807) is 6.07 Å². The number of esters is 1. The van der Waals surface area contributed by atoms with E-state index in [-0.39, 0.29) is 17.2 Å². The summed E-state index contributed by atoms with van der Waals surface area (Å²) in [6, 6.07) is 7.42. The molecule has 0 fully saturated rings. The van der Waals surface area contributed by atoms with Gasteiger partial charge in [-0.15, -0.1) is 0 Å². The summed E-state index contributed by atoms with van der Waals surface area (Å²) in [7, 11) is 0. The molecule has 2 aliphatic rings. The second-order valence-electron chi connectivity index (χ2n) is 8.83. The van der Waals surface area contributed by atoms with Crippen LogP contribution in [0.1, 0.15) is 71.3 Å². The molecule has 0 unspecified atom stereocenters. The fraction of sp³-hybridized carbons (Fsp3) is 0.500. The Bertz CT molecular complexity index is 882. The second-order valence-corrected chi connectivity index (χ2v) is 9.26. The van der Waals surface area contributed by atoms with Crippen molar-refractivity contribution in [1.82, 2.24) is 5.32 Å². The average Bonchev–Trinajstić information content (AvgIpc) is 2.63. The number of benzene rings is 1. The van der Waals surface area contributed by atoms with Gasteiger partial charge in [-0.3, -0.25) is 4.79 Å². The summed E-state index contributed by atoms with van der Waals surface area (Å²) >= 11 is 6.25. The van der Waals surface area contributed by atoms with Crippen LogP contribution in [-0.4, -0.2) is 18.4 Å². The first-order valence-electron chi connectivity index (χ1n) is 10.4. The van der Waals surface area contributed by atoms with E-state index in [0.29, 0.717) is 29.2 Å². The van der Waals surface area contributed by atoms with E-state index in [0.717, 1.165) is 42.6 Å². The first kappa shape index (κ1) is 21.6. The lowest BCUT2D eigenvalue weighted by Gasteiger charge is -2.39. The molecule has 0 saturated carbocycles. The Morgan fingerprint density at radius 1 is 1.28 bits per heavy atom. The van der Waals surface area contributed by atoms with Crippen molar-refractivity contribution in [3.05, 3.63) is 57.4 Å². The van der Waals surface area contributed by atoms with Gasteiger partial charge in [0.25, 0.3) is 0 Å². The van der Waals surface area contributed by atoms with Crippen LogP contribution in [0, 0.1) is 5.41 Å². The van der Waals surface area contributed by atoms with Crippen LogP contribution < -0.4 is 5.32 Å². The number of carbonyl (C=O) groups excluding carboxylic acids is 2. The number of carbonyl (C=O) groups is 2. The van der Waals surface area contributed by atoms with Crippen LogP contribution in [0.2, 0.25) is 5.02 Å². The van der Waals surface area contributed by atoms with Gasteiger partial charge < -0.3 is 10.1 Å². The monoisotopic (exact) mass is 415 g/mol. The molecular weight excluding hydrogens is 386 g/mol. The maximum Gasteiger partial charge on any atom is 0.336 e. The van der Waals surface area contributed by atoms with Crippen molar-refractivity contribution in [3.8, 4) is 0 Å². The zero-order chi connectivity index (χ0) is 21.2. The minimum Gasteiger partial charge on any atom is -0.462 e. The van der Waals surface area contributed by atoms with Gasteiger partial charge in [-0.1, -0.05) is 57.3 Å². The van der Waals surface area contributed by atoms with E-state index < -0.39 is 5.92 Å². The molecule has 1 N–H and O–H groups in total. The summed E-state index contributed by atoms with van der Waals surface area (Å²) in [5.74, 6) is -0.731. The van der Waals surface area contributed by atoms with Crippen LogP contribution >= 0.6 is 11.6 Å². The first-order chi connectivity index (χ1) is 13.7. The van der Waals surface area contributed by atoms with Gasteiger partial charge >= 0.3 is 5.97 Å². The predicted molar refractivity (Wildman–Crippen MR) is 116 cm³/mol. The summed E-state index contributed by atoms with van der Waals surface area (Å²) in [5, 5.41) is 3.94. The largest absolute Gasteiger partial charge is 0.462 e. The molecule has 4 nitrogen and oxygen atoms in total.